The molecule has 4 heteroatoms. The van der Waals surface area contributed by atoms with Crippen LogP contribution in [0.25, 0.3) is 0 Å². The standard InChI is InChI=1S/C16H26BrNO2/c1-3-4-5-6-10-20-16-8-7-15(17)12-14(16)13-18-9-11-19-2/h7-8,12,18H,3-6,9-11,13H2,1-2H3. The lowest BCUT2D eigenvalue weighted by molar-refractivity contribution is 0.199. The van der Waals surface area contributed by atoms with Crippen LogP contribution in [0.1, 0.15) is 38.2 Å². The van der Waals surface area contributed by atoms with E-state index in [0.29, 0.717) is 0 Å². The Hall–Kier alpha value is -0.580. The summed E-state index contributed by atoms with van der Waals surface area (Å²) in [6.45, 7) is 5.39. The second-order valence-corrected chi connectivity index (χ2v) is 5.75. The van der Waals surface area contributed by atoms with Crippen molar-refractivity contribution in [2.45, 2.75) is 39.2 Å². The zero-order chi connectivity index (χ0) is 14.6. The van der Waals surface area contributed by atoms with Gasteiger partial charge in [-0.15, -0.1) is 0 Å². The van der Waals surface area contributed by atoms with Crippen LogP contribution in [0, 0.1) is 0 Å². The van der Waals surface area contributed by atoms with Gasteiger partial charge in [-0.1, -0.05) is 42.1 Å². The lowest BCUT2D eigenvalue weighted by Crippen LogP contribution is -2.19. The van der Waals surface area contributed by atoms with Crippen molar-refractivity contribution < 1.29 is 9.47 Å². The number of nitrogens with one attached hydrogen (secondary N) is 1. The van der Waals surface area contributed by atoms with Gasteiger partial charge in [0.25, 0.3) is 0 Å². The summed E-state index contributed by atoms with van der Waals surface area (Å²) in [5, 5.41) is 3.36. The summed E-state index contributed by atoms with van der Waals surface area (Å²) < 4.78 is 12.0. The molecule has 1 rings (SSSR count). The fraction of sp³-hybridized carbons (Fsp3) is 0.625. The molecule has 0 radical (unpaired) electrons. The SMILES string of the molecule is CCCCCCOc1ccc(Br)cc1CNCCOC. The van der Waals surface area contributed by atoms with Gasteiger partial charge in [-0.05, 0) is 24.6 Å². The van der Waals surface area contributed by atoms with Crippen molar-refractivity contribution in [2.75, 3.05) is 26.9 Å². The Morgan fingerprint density at radius 3 is 2.75 bits per heavy atom. The minimum atomic E-state index is 0.723. The van der Waals surface area contributed by atoms with E-state index in [9.17, 15) is 0 Å². The monoisotopic (exact) mass is 343 g/mol. The second-order valence-electron chi connectivity index (χ2n) is 4.83. The molecular formula is C16H26BrNO2. The molecule has 20 heavy (non-hydrogen) atoms. The van der Waals surface area contributed by atoms with Gasteiger partial charge in [0.15, 0.2) is 0 Å². The number of methoxy groups -OCH3 is 1. The average Bonchev–Trinajstić information content (AvgIpc) is 2.45. The smallest absolute Gasteiger partial charge is 0.123 e. The van der Waals surface area contributed by atoms with Gasteiger partial charge < -0.3 is 14.8 Å². The molecule has 0 amide bonds. The second kappa shape index (κ2) is 11.1. The molecule has 0 spiro atoms. The van der Waals surface area contributed by atoms with Crippen LogP contribution >= 0.6 is 15.9 Å². The molecule has 0 saturated carbocycles. The van der Waals surface area contributed by atoms with E-state index in [0.717, 1.165) is 42.9 Å². The molecule has 0 bridgehead atoms. The molecule has 0 aliphatic heterocycles. The topological polar surface area (TPSA) is 30.5 Å². The molecule has 0 heterocycles. The molecule has 0 aliphatic rings. The van der Waals surface area contributed by atoms with Gasteiger partial charge in [0.2, 0.25) is 0 Å². The Morgan fingerprint density at radius 2 is 2.00 bits per heavy atom. The van der Waals surface area contributed by atoms with Crippen molar-refractivity contribution in [3.05, 3.63) is 28.2 Å². The van der Waals surface area contributed by atoms with Gasteiger partial charge in [-0.25, -0.2) is 0 Å². The molecule has 0 unspecified atom stereocenters. The Bertz CT molecular complexity index is 371. The van der Waals surface area contributed by atoms with Crippen LogP contribution in [0.2, 0.25) is 0 Å². The molecular weight excluding hydrogens is 318 g/mol. The number of halogens is 1. The minimum Gasteiger partial charge on any atom is -0.493 e. The Labute approximate surface area is 131 Å². The normalized spacial score (nSPS) is 10.8. The third-order valence-corrected chi connectivity index (χ3v) is 3.57. The van der Waals surface area contributed by atoms with E-state index in [-0.39, 0.29) is 0 Å². The Kier molecular flexibility index (Phi) is 9.71. The average molecular weight is 344 g/mol. The van der Waals surface area contributed by atoms with Crippen molar-refractivity contribution in [3.63, 3.8) is 0 Å². The first-order valence-corrected chi connectivity index (χ1v) is 8.18. The summed E-state index contributed by atoms with van der Waals surface area (Å²) in [6, 6.07) is 6.18. The predicted molar refractivity (Wildman–Crippen MR) is 87.4 cm³/mol. The first kappa shape index (κ1) is 17.5. The van der Waals surface area contributed by atoms with Crippen molar-refractivity contribution >= 4 is 15.9 Å². The van der Waals surface area contributed by atoms with Crippen LogP contribution in [0.5, 0.6) is 5.75 Å². The number of hydrogen-bond donors (Lipinski definition) is 1. The van der Waals surface area contributed by atoms with Crippen LogP contribution in [-0.4, -0.2) is 26.9 Å². The van der Waals surface area contributed by atoms with Crippen molar-refractivity contribution in [1.29, 1.82) is 0 Å². The fourth-order valence-electron chi connectivity index (χ4n) is 1.94. The van der Waals surface area contributed by atoms with Crippen LogP contribution in [-0.2, 0) is 11.3 Å². The molecule has 1 aromatic carbocycles. The van der Waals surface area contributed by atoms with E-state index in [1.807, 2.05) is 12.1 Å². The van der Waals surface area contributed by atoms with E-state index < -0.39 is 0 Å². The van der Waals surface area contributed by atoms with Gasteiger partial charge in [0, 0.05) is 30.2 Å². The number of rotatable bonds is 11. The van der Waals surface area contributed by atoms with E-state index >= 15 is 0 Å². The van der Waals surface area contributed by atoms with Gasteiger partial charge in [-0.2, -0.15) is 0 Å². The van der Waals surface area contributed by atoms with E-state index in [2.05, 4.69) is 34.2 Å². The zero-order valence-corrected chi connectivity index (χ0v) is 14.2. The van der Waals surface area contributed by atoms with Gasteiger partial charge >= 0.3 is 0 Å². The Balaban J connectivity index is 2.42. The molecule has 0 fully saturated rings. The summed E-state index contributed by atoms with van der Waals surface area (Å²) in [7, 11) is 1.71. The molecule has 3 nitrogen and oxygen atoms in total. The maximum Gasteiger partial charge on any atom is 0.123 e. The van der Waals surface area contributed by atoms with Crippen molar-refractivity contribution in [3.8, 4) is 5.75 Å². The third kappa shape index (κ3) is 7.27. The molecule has 0 atom stereocenters. The number of unbranched alkanes of at least 4 members (excludes halogenated alkanes) is 3. The highest BCUT2D eigenvalue weighted by atomic mass is 79.9. The van der Waals surface area contributed by atoms with Gasteiger partial charge in [0.1, 0.15) is 5.75 Å². The molecule has 1 aromatic rings. The molecule has 1 N–H and O–H groups in total. The van der Waals surface area contributed by atoms with Crippen molar-refractivity contribution in [1.82, 2.24) is 5.32 Å². The van der Waals surface area contributed by atoms with Crippen LogP contribution in [0.4, 0.5) is 0 Å². The van der Waals surface area contributed by atoms with E-state index in [4.69, 9.17) is 9.47 Å². The molecule has 114 valence electrons. The third-order valence-electron chi connectivity index (χ3n) is 3.08. The largest absolute Gasteiger partial charge is 0.493 e. The van der Waals surface area contributed by atoms with Crippen molar-refractivity contribution in [2.24, 2.45) is 0 Å². The predicted octanol–water partition coefficient (Wildman–Crippen LogP) is 4.14. The van der Waals surface area contributed by atoms with Crippen LogP contribution in [0.3, 0.4) is 0 Å². The highest BCUT2D eigenvalue weighted by Gasteiger charge is 2.04. The summed E-state index contributed by atoms with van der Waals surface area (Å²) in [5.74, 6) is 0.981. The number of benzene rings is 1. The summed E-state index contributed by atoms with van der Waals surface area (Å²) in [4.78, 5) is 0. The molecule has 0 aromatic heterocycles. The molecule has 0 aliphatic carbocycles. The first-order chi connectivity index (χ1) is 9.77. The number of hydrogen-bond acceptors (Lipinski definition) is 3. The van der Waals surface area contributed by atoms with Crippen LogP contribution in [0.15, 0.2) is 22.7 Å². The summed E-state index contributed by atoms with van der Waals surface area (Å²) in [5.41, 5.74) is 1.19. The minimum absolute atomic E-state index is 0.723. The van der Waals surface area contributed by atoms with Gasteiger partial charge in [-0.3, -0.25) is 0 Å². The lowest BCUT2D eigenvalue weighted by atomic mass is 10.2. The van der Waals surface area contributed by atoms with Gasteiger partial charge in [0.05, 0.1) is 13.2 Å². The maximum absolute atomic E-state index is 5.90. The highest BCUT2D eigenvalue weighted by Crippen LogP contribution is 2.23. The van der Waals surface area contributed by atoms with E-state index in [1.54, 1.807) is 7.11 Å². The lowest BCUT2D eigenvalue weighted by Gasteiger charge is -2.13. The summed E-state index contributed by atoms with van der Waals surface area (Å²) in [6.07, 6.45) is 4.91. The molecule has 0 saturated heterocycles. The highest BCUT2D eigenvalue weighted by molar-refractivity contribution is 9.10. The first-order valence-electron chi connectivity index (χ1n) is 7.38. The summed E-state index contributed by atoms with van der Waals surface area (Å²) >= 11 is 3.51. The van der Waals surface area contributed by atoms with Crippen LogP contribution < -0.4 is 10.1 Å². The maximum atomic E-state index is 5.90. The quantitative estimate of drug-likeness (QED) is 0.612. The fourth-order valence-corrected chi connectivity index (χ4v) is 2.34. The van der Waals surface area contributed by atoms with E-state index in [1.165, 1.54) is 24.8 Å². The zero-order valence-electron chi connectivity index (χ0n) is 12.6. The Morgan fingerprint density at radius 1 is 1.15 bits per heavy atom. The number of ether oxygens (including phenoxy) is 2.